The van der Waals surface area contributed by atoms with Crippen LogP contribution in [0.5, 0.6) is 0 Å². The molecule has 2 fully saturated rings. The molecule has 1 N–H and O–H groups in total. The molecule has 0 amide bonds. The molecule has 4 aliphatic rings. The van der Waals surface area contributed by atoms with E-state index in [1.54, 1.807) is 5.57 Å². The largest absolute Gasteiger partial charge is 0.462 e. The fraction of sp³-hybridized carbons (Fsp3) is 0.906. The SMILES string of the molecule is CC(=O)OC1CCC2(C)C3=C(C(O)CC2C1(C)C)C1(C)CCC(C(C)CCCC(C)C)C1(C)CC3. The fourth-order valence-corrected chi connectivity index (χ4v) is 10.0. The normalized spacial score (nSPS) is 43.4. The molecule has 35 heavy (non-hydrogen) atoms. The number of aliphatic hydroxyl groups is 1. The first-order chi connectivity index (χ1) is 16.2. The second-order valence-electron chi connectivity index (χ2n) is 14.8. The van der Waals surface area contributed by atoms with Crippen LogP contribution in [0.4, 0.5) is 0 Å². The van der Waals surface area contributed by atoms with Crippen molar-refractivity contribution in [2.75, 3.05) is 0 Å². The molecule has 0 bridgehead atoms. The summed E-state index contributed by atoms with van der Waals surface area (Å²) < 4.78 is 5.83. The molecule has 2 saturated carbocycles. The topological polar surface area (TPSA) is 46.5 Å². The Bertz CT molecular complexity index is 855. The van der Waals surface area contributed by atoms with Crippen LogP contribution in [0.3, 0.4) is 0 Å². The molecule has 0 aliphatic heterocycles. The van der Waals surface area contributed by atoms with Crippen LogP contribution in [0.2, 0.25) is 0 Å². The van der Waals surface area contributed by atoms with Crippen molar-refractivity contribution >= 4 is 5.97 Å². The van der Waals surface area contributed by atoms with Crippen LogP contribution in [0.25, 0.3) is 0 Å². The lowest BCUT2D eigenvalue weighted by Gasteiger charge is -2.63. The zero-order chi connectivity index (χ0) is 26.0. The first kappa shape index (κ1) is 27.2. The summed E-state index contributed by atoms with van der Waals surface area (Å²) in [6.07, 6.45) is 11.3. The molecule has 0 aromatic heterocycles. The molecule has 200 valence electrons. The van der Waals surface area contributed by atoms with E-state index in [2.05, 4.69) is 55.4 Å². The Balaban J connectivity index is 1.66. The van der Waals surface area contributed by atoms with Gasteiger partial charge in [0.1, 0.15) is 6.10 Å². The third kappa shape index (κ3) is 4.15. The van der Waals surface area contributed by atoms with Gasteiger partial charge >= 0.3 is 5.97 Å². The lowest BCUT2D eigenvalue weighted by molar-refractivity contribution is -0.169. The average molecular weight is 487 g/mol. The van der Waals surface area contributed by atoms with Crippen molar-refractivity contribution in [1.82, 2.24) is 0 Å². The summed E-state index contributed by atoms with van der Waals surface area (Å²) in [4.78, 5) is 11.8. The van der Waals surface area contributed by atoms with Crippen LogP contribution in [0.15, 0.2) is 11.1 Å². The van der Waals surface area contributed by atoms with E-state index in [0.717, 1.165) is 43.4 Å². The standard InChI is InChI=1S/C32H54O3/c1-20(2)11-10-12-21(3)23-13-18-32(9)28-24(14-17-31(23,32)8)30(7)16-15-27(35-22(4)33)29(5,6)26(30)19-25(28)34/h20-21,23,25-27,34H,10-19H2,1-9H3. The molecule has 0 radical (unpaired) electrons. The summed E-state index contributed by atoms with van der Waals surface area (Å²) in [5, 5.41) is 11.8. The molecule has 8 atom stereocenters. The van der Waals surface area contributed by atoms with E-state index < -0.39 is 0 Å². The van der Waals surface area contributed by atoms with Crippen LogP contribution in [0, 0.1) is 45.3 Å². The summed E-state index contributed by atoms with van der Waals surface area (Å²) in [6.45, 7) is 20.9. The summed E-state index contributed by atoms with van der Waals surface area (Å²) in [5.74, 6) is 2.46. The first-order valence-electron chi connectivity index (χ1n) is 14.8. The maximum Gasteiger partial charge on any atom is 0.302 e. The minimum Gasteiger partial charge on any atom is -0.462 e. The predicted octanol–water partition coefficient (Wildman–Crippen LogP) is 8.10. The van der Waals surface area contributed by atoms with Gasteiger partial charge in [-0.15, -0.1) is 0 Å². The second kappa shape index (κ2) is 9.17. The van der Waals surface area contributed by atoms with E-state index in [-0.39, 0.29) is 39.8 Å². The van der Waals surface area contributed by atoms with Crippen molar-refractivity contribution < 1.29 is 14.6 Å². The lowest BCUT2D eigenvalue weighted by Crippen LogP contribution is -2.58. The number of allylic oxidation sites excluding steroid dienone is 1. The van der Waals surface area contributed by atoms with Crippen LogP contribution in [0.1, 0.15) is 127 Å². The van der Waals surface area contributed by atoms with E-state index in [9.17, 15) is 9.90 Å². The number of carbonyl (C=O) groups excluding carboxylic acids is 1. The van der Waals surface area contributed by atoms with Crippen molar-refractivity contribution in [3.05, 3.63) is 11.1 Å². The summed E-state index contributed by atoms with van der Waals surface area (Å²) >= 11 is 0. The number of rotatable bonds is 6. The average Bonchev–Trinajstić information content (AvgIpc) is 3.02. The minimum absolute atomic E-state index is 0.0561. The fourth-order valence-electron chi connectivity index (χ4n) is 10.0. The highest BCUT2D eigenvalue weighted by Crippen LogP contribution is 2.72. The Kier molecular flexibility index (Phi) is 7.13. The van der Waals surface area contributed by atoms with Crippen LogP contribution in [-0.2, 0) is 9.53 Å². The van der Waals surface area contributed by atoms with Gasteiger partial charge in [0.2, 0.25) is 0 Å². The molecule has 0 heterocycles. The maximum absolute atomic E-state index is 11.8. The van der Waals surface area contributed by atoms with E-state index in [0.29, 0.717) is 5.92 Å². The molecular formula is C32H54O3. The highest BCUT2D eigenvalue weighted by molar-refractivity contribution is 5.66. The van der Waals surface area contributed by atoms with Gasteiger partial charge in [-0.1, -0.05) is 80.2 Å². The molecule has 0 aromatic carbocycles. The van der Waals surface area contributed by atoms with Crippen molar-refractivity contribution in [1.29, 1.82) is 0 Å². The second-order valence-corrected chi connectivity index (χ2v) is 14.8. The Morgan fingerprint density at radius 2 is 1.71 bits per heavy atom. The molecule has 0 aromatic rings. The molecule has 8 unspecified atom stereocenters. The van der Waals surface area contributed by atoms with Gasteiger partial charge in [0.05, 0.1) is 6.10 Å². The smallest absolute Gasteiger partial charge is 0.302 e. The molecule has 3 nitrogen and oxygen atoms in total. The third-order valence-electron chi connectivity index (χ3n) is 12.2. The molecule has 0 spiro atoms. The Hall–Kier alpha value is -0.830. The molecule has 0 saturated heterocycles. The van der Waals surface area contributed by atoms with E-state index in [1.165, 1.54) is 51.0 Å². The zero-order valence-electron chi connectivity index (χ0n) is 24.3. The lowest BCUT2D eigenvalue weighted by atomic mass is 9.42. The highest BCUT2D eigenvalue weighted by Gasteiger charge is 2.65. The summed E-state index contributed by atoms with van der Waals surface area (Å²) in [7, 11) is 0. The van der Waals surface area contributed by atoms with Gasteiger partial charge in [-0.05, 0) is 90.4 Å². The number of esters is 1. The number of hydrogen-bond donors (Lipinski definition) is 1. The zero-order valence-corrected chi connectivity index (χ0v) is 24.3. The van der Waals surface area contributed by atoms with E-state index in [4.69, 9.17) is 4.74 Å². The first-order valence-corrected chi connectivity index (χ1v) is 14.8. The number of hydrogen-bond acceptors (Lipinski definition) is 3. The van der Waals surface area contributed by atoms with Gasteiger partial charge in [0.15, 0.2) is 0 Å². The molecule has 4 rings (SSSR count). The molecular weight excluding hydrogens is 432 g/mol. The quantitative estimate of drug-likeness (QED) is 0.305. The minimum atomic E-state index is -0.363. The third-order valence-corrected chi connectivity index (χ3v) is 12.2. The monoisotopic (exact) mass is 486 g/mol. The molecule has 3 heteroatoms. The van der Waals surface area contributed by atoms with Gasteiger partial charge in [-0.25, -0.2) is 0 Å². The van der Waals surface area contributed by atoms with Crippen molar-refractivity contribution in [2.24, 2.45) is 45.3 Å². The van der Waals surface area contributed by atoms with Gasteiger partial charge in [-0.3, -0.25) is 4.79 Å². The highest BCUT2D eigenvalue weighted by atomic mass is 16.5. The summed E-state index contributed by atoms with van der Waals surface area (Å²) in [5.41, 5.74) is 3.36. The van der Waals surface area contributed by atoms with Crippen LogP contribution in [-0.4, -0.2) is 23.3 Å². The number of ether oxygens (including phenoxy) is 1. The summed E-state index contributed by atoms with van der Waals surface area (Å²) in [6, 6.07) is 0. The number of carbonyl (C=O) groups is 1. The number of fused-ring (bicyclic) bond motifs is 4. The van der Waals surface area contributed by atoms with Crippen LogP contribution >= 0.6 is 0 Å². The van der Waals surface area contributed by atoms with Gasteiger partial charge < -0.3 is 9.84 Å². The number of aliphatic hydroxyl groups excluding tert-OH is 1. The molecule has 4 aliphatic carbocycles. The van der Waals surface area contributed by atoms with Crippen LogP contribution < -0.4 is 0 Å². The Morgan fingerprint density at radius 3 is 2.34 bits per heavy atom. The van der Waals surface area contributed by atoms with Crippen molar-refractivity contribution in [3.8, 4) is 0 Å². The Morgan fingerprint density at radius 1 is 1.03 bits per heavy atom. The predicted molar refractivity (Wildman–Crippen MR) is 144 cm³/mol. The van der Waals surface area contributed by atoms with E-state index in [1.807, 2.05) is 0 Å². The van der Waals surface area contributed by atoms with Gasteiger partial charge in [0, 0.05) is 12.3 Å². The van der Waals surface area contributed by atoms with Gasteiger partial charge in [0.25, 0.3) is 0 Å². The van der Waals surface area contributed by atoms with E-state index >= 15 is 0 Å². The Labute approximate surface area is 215 Å². The van der Waals surface area contributed by atoms with Gasteiger partial charge in [-0.2, -0.15) is 0 Å². The van der Waals surface area contributed by atoms with Crippen molar-refractivity contribution in [3.63, 3.8) is 0 Å². The van der Waals surface area contributed by atoms with Crippen molar-refractivity contribution in [2.45, 2.75) is 139 Å². The maximum atomic E-state index is 11.8.